The van der Waals surface area contributed by atoms with Crippen molar-refractivity contribution in [1.29, 1.82) is 0 Å². The number of halogens is 1. The van der Waals surface area contributed by atoms with Crippen LogP contribution in [0.25, 0.3) is 0 Å². The third-order valence-electron chi connectivity index (χ3n) is 4.22. The van der Waals surface area contributed by atoms with Crippen LogP contribution in [0.1, 0.15) is 21.5 Å². The molecule has 0 radical (unpaired) electrons. The first-order valence-corrected chi connectivity index (χ1v) is 8.90. The molecular formula is C19H21ClN5O2+. The molecule has 0 saturated carbocycles. The van der Waals surface area contributed by atoms with Gasteiger partial charge in [0, 0.05) is 25.0 Å². The van der Waals surface area contributed by atoms with E-state index in [2.05, 4.69) is 20.3 Å². The SMILES string of the molecule is CNC(=O)c1cc(CCc2cnc(N=C3C=[N+](C)C3)nc2)c(Cl)c(OC)c1. The number of carbonyl (C=O) groups is 1. The molecule has 0 aliphatic carbocycles. The minimum atomic E-state index is -0.184. The summed E-state index contributed by atoms with van der Waals surface area (Å²) in [6.07, 6.45) is 6.80. The Hall–Kier alpha value is -2.80. The number of aromatic nitrogens is 2. The summed E-state index contributed by atoms with van der Waals surface area (Å²) in [4.78, 5) is 24.9. The molecule has 0 spiro atoms. The van der Waals surface area contributed by atoms with Crippen LogP contribution in [0.2, 0.25) is 5.02 Å². The molecule has 140 valence electrons. The zero-order valence-electron chi connectivity index (χ0n) is 15.5. The molecular weight excluding hydrogens is 366 g/mol. The number of ether oxygens (including phenoxy) is 1. The van der Waals surface area contributed by atoms with Crippen molar-refractivity contribution in [3.63, 3.8) is 0 Å². The summed E-state index contributed by atoms with van der Waals surface area (Å²) < 4.78 is 7.33. The van der Waals surface area contributed by atoms with Crippen LogP contribution < -0.4 is 10.1 Å². The minimum Gasteiger partial charge on any atom is -0.495 e. The van der Waals surface area contributed by atoms with Crippen molar-refractivity contribution >= 4 is 35.4 Å². The standard InChI is InChI=1S/C19H20ClN5O2/c1-21-18(26)14-6-13(17(20)16(7-14)27-3)5-4-12-8-22-19(23-9-12)24-15-10-25(2)11-15/h6-10H,4-5,11H2,1-3H3/p+1. The fourth-order valence-electron chi connectivity index (χ4n) is 2.75. The highest BCUT2D eigenvalue weighted by atomic mass is 35.5. The Morgan fingerprint density at radius 1 is 1.33 bits per heavy atom. The van der Waals surface area contributed by atoms with E-state index in [1.165, 1.54) is 7.11 Å². The van der Waals surface area contributed by atoms with Crippen molar-refractivity contribution in [1.82, 2.24) is 15.3 Å². The first kappa shape index (κ1) is 19.0. The van der Waals surface area contributed by atoms with Crippen LogP contribution in [0.3, 0.4) is 0 Å². The molecule has 1 aliphatic rings. The van der Waals surface area contributed by atoms with Crippen molar-refractivity contribution in [3.05, 3.63) is 46.2 Å². The van der Waals surface area contributed by atoms with E-state index in [0.717, 1.165) is 23.4 Å². The monoisotopic (exact) mass is 386 g/mol. The first-order valence-electron chi connectivity index (χ1n) is 8.52. The molecule has 1 amide bonds. The number of rotatable bonds is 6. The summed E-state index contributed by atoms with van der Waals surface area (Å²) in [6.45, 7) is 0.813. The Morgan fingerprint density at radius 2 is 2.04 bits per heavy atom. The second kappa shape index (κ2) is 8.26. The van der Waals surface area contributed by atoms with E-state index in [0.29, 0.717) is 35.1 Å². The van der Waals surface area contributed by atoms with Crippen LogP contribution in [0, 0.1) is 0 Å². The molecule has 1 aliphatic heterocycles. The number of hydrogen-bond donors (Lipinski definition) is 1. The highest BCUT2D eigenvalue weighted by molar-refractivity contribution is 6.33. The molecule has 2 aromatic rings. The van der Waals surface area contributed by atoms with E-state index in [4.69, 9.17) is 16.3 Å². The molecule has 1 aromatic heterocycles. The molecule has 0 atom stereocenters. The van der Waals surface area contributed by atoms with Gasteiger partial charge in [0.05, 0.1) is 12.1 Å². The lowest BCUT2D eigenvalue weighted by molar-refractivity contribution is -0.487. The Kier molecular flexibility index (Phi) is 5.81. The number of hydrogen-bond acceptors (Lipinski definition) is 5. The average molecular weight is 387 g/mol. The van der Waals surface area contributed by atoms with Crippen molar-refractivity contribution in [2.24, 2.45) is 4.99 Å². The third-order valence-corrected chi connectivity index (χ3v) is 4.65. The quantitative estimate of drug-likeness (QED) is 0.771. The topological polar surface area (TPSA) is 79.5 Å². The smallest absolute Gasteiger partial charge is 0.251 e. The summed E-state index contributed by atoms with van der Waals surface area (Å²) in [5.74, 6) is 0.757. The number of methoxy groups -OCH3 is 1. The van der Waals surface area contributed by atoms with Crippen LogP contribution >= 0.6 is 11.6 Å². The predicted molar refractivity (Wildman–Crippen MR) is 105 cm³/mol. The Balaban J connectivity index is 1.72. The normalized spacial score (nSPS) is 14.5. The number of nitrogens with one attached hydrogen (secondary N) is 1. The molecule has 0 fully saturated rings. The van der Waals surface area contributed by atoms with Gasteiger partial charge >= 0.3 is 0 Å². The molecule has 2 heterocycles. The van der Waals surface area contributed by atoms with E-state index in [1.54, 1.807) is 31.6 Å². The lowest BCUT2D eigenvalue weighted by atomic mass is 10.0. The largest absolute Gasteiger partial charge is 0.495 e. The fourth-order valence-corrected chi connectivity index (χ4v) is 3.03. The van der Waals surface area contributed by atoms with Gasteiger partial charge in [-0.25, -0.2) is 19.5 Å². The summed E-state index contributed by atoms with van der Waals surface area (Å²) in [6, 6.07) is 3.42. The van der Waals surface area contributed by atoms with Crippen LogP contribution in [0.5, 0.6) is 5.75 Å². The second-order valence-electron chi connectivity index (χ2n) is 6.27. The maximum atomic E-state index is 11.9. The maximum absolute atomic E-state index is 11.9. The van der Waals surface area contributed by atoms with Crippen molar-refractivity contribution in [2.45, 2.75) is 12.8 Å². The zero-order chi connectivity index (χ0) is 19.4. The molecule has 7 nitrogen and oxygen atoms in total. The molecule has 0 saturated heterocycles. The van der Waals surface area contributed by atoms with Crippen LogP contribution in [-0.4, -0.2) is 60.1 Å². The van der Waals surface area contributed by atoms with E-state index < -0.39 is 0 Å². The minimum absolute atomic E-state index is 0.184. The van der Waals surface area contributed by atoms with Crippen molar-refractivity contribution < 1.29 is 14.1 Å². The van der Waals surface area contributed by atoms with Gasteiger partial charge in [-0.05, 0) is 36.1 Å². The number of aliphatic imine (C=N–C) groups is 1. The van der Waals surface area contributed by atoms with Crippen LogP contribution in [-0.2, 0) is 12.8 Å². The second-order valence-corrected chi connectivity index (χ2v) is 6.65. The number of nitrogens with zero attached hydrogens (tertiary/aromatic N) is 4. The van der Waals surface area contributed by atoms with Crippen LogP contribution in [0.15, 0.2) is 29.5 Å². The predicted octanol–water partition coefficient (Wildman–Crippen LogP) is 2.08. The summed E-state index contributed by atoms with van der Waals surface area (Å²) in [5, 5.41) is 3.12. The Labute approximate surface area is 162 Å². The van der Waals surface area contributed by atoms with Gasteiger partial charge in [-0.15, -0.1) is 0 Å². The van der Waals surface area contributed by atoms with Gasteiger partial charge in [-0.3, -0.25) is 4.79 Å². The summed E-state index contributed by atoms with van der Waals surface area (Å²) >= 11 is 6.40. The van der Waals surface area contributed by atoms with E-state index >= 15 is 0 Å². The highest BCUT2D eigenvalue weighted by Crippen LogP contribution is 2.30. The number of benzene rings is 1. The molecule has 3 rings (SSSR count). The lowest BCUT2D eigenvalue weighted by Gasteiger charge is -2.12. The first-order chi connectivity index (χ1) is 13.0. The van der Waals surface area contributed by atoms with Gasteiger partial charge in [0.1, 0.15) is 12.8 Å². The molecule has 0 unspecified atom stereocenters. The number of aryl methyl sites for hydroxylation is 2. The summed E-state index contributed by atoms with van der Waals surface area (Å²) in [5.41, 5.74) is 3.29. The number of carbonyl (C=O) groups excluding carboxylic acids is 1. The Bertz CT molecular complexity index is 922. The number of amides is 1. The molecule has 8 heteroatoms. The zero-order valence-corrected chi connectivity index (χ0v) is 16.2. The van der Waals surface area contributed by atoms with Crippen LogP contribution in [0.4, 0.5) is 5.95 Å². The van der Waals surface area contributed by atoms with Gasteiger partial charge < -0.3 is 10.1 Å². The van der Waals surface area contributed by atoms with Gasteiger partial charge in [-0.1, -0.05) is 11.6 Å². The van der Waals surface area contributed by atoms with Gasteiger partial charge in [0.25, 0.3) is 5.91 Å². The van der Waals surface area contributed by atoms with E-state index in [-0.39, 0.29) is 5.91 Å². The fraction of sp³-hybridized carbons (Fsp3) is 0.316. The maximum Gasteiger partial charge on any atom is 0.251 e. The highest BCUT2D eigenvalue weighted by Gasteiger charge is 2.18. The molecule has 1 aromatic carbocycles. The van der Waals surface area contributed by atoms with Gasteiger partial charge in [-0.2, -0.15) is 0 Å². The lowest BCUT2D eigenvalue weighted by Crippen LogP contribution is -2.32. The van der Waals surface area contributed by atoms with Gasteiger partial charge in [0.15, 0.2) is 18.5 Å². The van der Waals surface area contributed by atoms with Gasteiger partial charge in [0.2, 0.25) is 5.95 Å². The average Bonchev–Trinajstić information content (AvgIpc) is 2.66. The van der Waals surface area contributed by atoms with Crippen molar-refractivity contribution in [3.8, 4) is 5.75 Å². The summed E-state index contributed by atoms with van der Waals surface area (Å²) in [7, 11) is 5.11. The molecule has 1 N–H and O–H groups in total. The van der Waals surface area contributed by atoms with E-state index in [1.807, 2.05) is 17.8 Å². The van der Waals surface area contributed by atoms with E-state index in [9.17, 15) is 4.79 Å². The molecule has 27 heavy (non-hydrogen) atoms. The van der Waals surface area contributed by atoms with Crippen molar-refractivity contribution in [2.75, 3.05) is 27.7 Å². The third kappa shape index (κ3) is 4.49. The molecule has 0 bridgehead atoms. The Morgan fingerprint density at radius 3 is 2.63 bits per heavy atom.